The number of aromatic nitrogens is 1. The van der Waals surface area contributed by atoms with E-state index in [9.17, 15) is 9.59 Å². The van der Waals surface area contributed by atoms with Gasteiger partial charge < -0.3 is 15.2 Å². The van der Waals surface area contributed by atoms with Crippen LogP contribution in [0.3, 0.4) is 0 Å². The molecule has 1 unspecified atom stereocenters. The van der Waals surface area contributed by atoms with Gasteiger partial charge in [0.1, 0.15) is 0 Å². The van der Waals surface area contributed by atoms with Gasteiger partial charge in [-0.3, -0.25) is 9.59 Å². The van der Waals surface area contributed by atoms with E-state index in [2.05, 4.69) is 10.3 Å². The van der Waals surface area contributed by atoms with Crippen LogP contribution in [0.25, 0.3) is 0 Å². The second-order valence-corrected chi connectivity index (χ2v) is 4.32. The highest BCUT2D eigenvalue weighted by Gasteiger charge is 2.23. The van der Waals surface area contributed by atoms with Crippen molar-refractivity contribution in [1.29, 1.82) is 0 Å². The minimum atomic E-state index is -0.187. The topological polar surface area (TPSA) is 65.2 Å². The lowest BCUT2D eigenvalue weighted by molar-refractivity contribution is 0.0697. The number of carbonyl (C=O) groups is 1. The van der Waals surface area contributed by atoms with Gasteiger partial charge in [0.2, 0.25) is 5.56 Å². The van der Waals surface area contributed by atoms with Gasteiger partial charge >= 0.3 is 0 Å². The van der Waals surface area contributed by atoms with Crippen LogP contribution in [0.15, 0.2) is 23.1 Å². The van der Waals surface area contributed by atoms with Crippen molar-refractivity contribution in [3.63, 3.8) is 0 Å². The Morgan fingerprint density at radius 3 is 3.00 bits per heavy atom. The SMILES string of the molecule is CNC1CCCN(C(=O)c2ccc(=O)[nH]c2)C1. The molecule has 2 N–H and O–H groups in total. The predicted molar refractivity (Wildman–Crippen MR) is 65.0 cm³/mol. The van der Waals surface area contributed by atoms with E-state index in [0.717, 1.165) is 25.9 Å². The highest BCUT2D eigenvalue weighted by atomic mass is 16.2. The minimum Gasteiger partial charge on any atom is -0.337 e. The smallest absolute Gasteiger partial charge is 0.255 e. The predicted octanol–water partition coefficient (Wildman–Crippen LogP) is 0.199. The van der Waals surface area contributed by atoms with Gasteiger partial charge in [-0.1, -0.05) is 0 Å². The molecule has 0 saturated carbocycles. The molecule has 5 nitrogen and oxygen atoms in total. The van der Waals surface area contributed by atoms with Crippen molar-refractivity contribution in [1.82, 2.24) is 15.2 Å². The maximum Gasteiger partial charge on any atom is 0.255 e. The van der Waals surface area contributed by atoms with Crippen molar-refractivity contribution in [3.05, 3.63) is 34.2 Å². The van der Waals surface area contributed by atoms with Crippen LogP contribution in [0.1, 0.15) is 23.2 Å². The van der Waals surface area contributed by atoms with Crippen LogP contribution < -0.4 is 10.9 Å². The first kappa shape index (κ1) is 11.9. The van der Waals surface area contributed by atoms with Gasteiger partial charge in [-0.05, 0) is 26.0 Å². The lowest BCUT2D eigenvalue weighted by Gasteiger charge is -2.32. The van der Waals surface area contributed by atoms with Crippen molar-refractivity contribution in [3.8, 4) is 0 Å². The summed E-state index contributed by atoms with van der Waals surface area (Å²) < 4.78 is 0. The van der Waals surface area contributed by atoms with Crippen LogP contribution in [-0.2, 0) is 0 Å². The lowest BCUT2D eigenvalue weighted by atomic mass is 10.1. The van der Waals surface area contributed by atoms with Crippen molar-refractivity contribution in [2.75, 3.05) is 20.1 Å². The number of aromatic amines is 1. The van der Waals surface area contributed by atoms with Crippen molar-refractivity contribution in [2.45, 2.75) is 18.9 Å². The number of H-pyrrole nitrogens is 1. The van der Waals surface area contributed by atoms with E-state index >= 15 is 0 Å². The Kier molecular flexibility index (Phi) is 3.58. The summed E-state index contributed by atoms with van der Waals surface area (Å²) in [5.41, 5.74) is 0.356. The molecule has 17 heavy (non-hydrogen) atoms. The molecular weight excluding hydrogens is 218 g/mol. The molecule has 2 heterocycles. The Bertz CT molecular complexity index is 435. The van der Waals surface area contributed by atoms with Gasteiger partial charge in [0.05, 0.1) is 5.56 Å². The zero-order valence-corrected chi connectivity index (χ0v) is 9.90. The fourth-order valence-electron chi connectivity index (χ4n) is 2.12. The second-order valence-electron chi connectivity index (χ2n) is 4.32. The van der Waals surface area contributed by atoms with Gasteiger partial charge in [0, 0.05) is 31.4 Å². The Labute approximate surface area is 99.8 Å². The number of nitrogens with one attached hydrogen (secondary N) is 2. The second kappa shape index (κ2) is 5.14. The fourth-order valence-corrected chi connectivity index (χ4v) is 2.12. The van der Waals surface area contributed by atoms with Gasteiger partial charge in [-0.2, -0.15) is 0 Å². The summed E-state index contributed by atoms with van der Waals surface area (Å²) in [6, 6.07) is 3.33. The first-order chi connectivity index (χ1) is 8.20. The molecule has 1 fully saturated rings. The van der Waals surface area contributed by atoms with Gasteiger partial charge in [-0.25, -0.2) is 0 Å². The number of hydrogen-bond donors (Lipinski definition) is 2. The molecule has 5 heteroatoms. The third-order valence-corrected chi connectivity index (χ3v) is 3.15. The van der Waals surface area contributed by atoms with Gasteiger partial charge in [-0.15, -0.1) is 0 Å². The van der Waals surface area contributed by atoms with Crippen LogP contribution in [0.2, 0.25) is 0 Å². The number of rotatable bonds is 2. The quantitative estimate of drug-likeness (QED) is 0.769. The molecule has 1 saturated heterocycles. The summed E-state index contributed by atoms with van der Waals surface area (Å²) in [5, 5.41) is 3.20. The van der Waals surface area contributed by atoms with Crippen LogP contribution >= 0.6 is 0 Å². The number of nitrogens with zero attached hydrogens (tertiary/aromatic N) is 1. The standard InChI is InChI=1S/C12H17N3O2/c1-13-10-3-2-6-15(8-10)12(17)9-4-5-11(16)14-7-9/h4-5,7,10,13H,2-3,6,8H2,1H3,(H,14,16). The molecular formula is C12H17N3O2. The number of likely N-dealkylation sites (tertiary alicyclic amines) is 1. The van der Waals surface area contributed by atoms with Crippen LogP contribution in [0.4, 0.5) is 0 Å². The maximum absolute atomic E-state index is 12.1. The van der Waals surface area contributed by atoms with Crippen LogP contribution in [0, 0.1) is 0 Å². The molecule has 0 radical (unpaired) electrons. The molecule has 1 atom stereocenters. The number of hydrogen-bond acceptors (Lipinski definition) is 3. The molecule has 2 rings (SSSR count). The number of piperidine rings is 1. The Balaban J connectivity index is 2.09. The van der Waals surface area contributed by atoms with E-state index in [0.29, 0.717) is 11.6 Å². The molecule has 0 aromatic carbocycles. The van der Waals surface area contributed by atoms with Crippen molar-refractivity contribution < 1.29 is 4.79 Å². The summed E-state index contributed by atoms with van der Waals surface area (Å²) in [6.45, 7) is 1.52. The summed E-state index contributed by atoms with van der Waals surface area (Å²) in [4.78, 5) is 27.4. The van der Waals surface area contributed by atoms with Gasteiger partial charge in [0.15, 0.2) is 0 Å². The van der Waals surface area contributed by atoms with Crippen molar-refractivity contribution in [2.24, 2.45) is 0 Å². The Morgan fingerprint density at radius 2 is 2.35 bits per heavy atom. The molecule has 1 aromatic rings. The van der Waals surface area contributed by atoms with E-state index in [4.69, 9.17) is 0 Å². The molecule has 1 aliphatic rings. The Morgan fingerprint density at radius 1 is 1.53 bits per heavy atom. The summed E-state index contributed by atoms with van der Waals surface area (Å²) in [7, 11) is 1.92. The van der Waals surface area contributed by atoms with Crippen LogP contribution in [0.5, 0.6) is 0 Å². The number of pyridine rings is 1. The maximum atomic E-state index is 12.1. The van der Waals surface area contributed by atoms with E-state index < -0.39 is 0 Å². The first-order valence-electron chi connectivity index (χ1n) is 5.86. The van der Waals surface area contributed by atoms with Crippen molar-refractivity contribution >= 4 is 5.91 Å². The molecule has 0 spiro atoms. The largest absolute Gasteiger partial charge is 0.337 e. The molecule has 1 amide bonds. The highest BCUT2D eigenvalue weighted by molar-refractivity contribution is 5.93. The first-order valence-corrected chi connectivity index (χ1v) is 5.86. The fraction of sp³-hybridized carbons (Fsp3) is 0.500. The average Bonchev–Trinajstić information content (AvgIpc) is 2.39. The monoisotopic (exact) mass is 235 g/mol. The average molecular weight is 235 g/mol. The highest BCUT2D eigenvalue weighted by Crippen LogP contribution is 2.12. The zero-order valence-electron chi connectivity index (χ0n) is 9.90. The molecule has 92 valence electrons. The number of amides is 1. The third kappa shape index (κ3) is 2.74. The van der Waals surface area contributed by atoms with Gasteiger partial charge in [0.25, 0.3) is 5.91 Å². The molecule has 1 aliphatic heterocycles. The molecule has 0 aliphatic carbocycles. The van der Waals surface area contributed by atoms with Crippen LogP contribution in [-0.4, -0.2) is 42.0 Å². The number of likely N-dealkylation sites (N-methyl/N-ethyl adjacent to an activating group) is 1. The summed E-state index contributed by atoms with van der Waals surface area (Å²) >= 11 is 0. The molecule has 1 aromatic heterocycles. The van der Waals surface area contributed by atoms with E-state index in [1.54, 1.807) is 6.07 Å². The minimum absolute atomic E-state index is 0.0128. The number of carbonyl (C=O) groups excluding carboxylic acids is 1. The third-order valence-electron chi connectivity index (χ3n) is 3.15. The van der Waals surface area contributed by atoms with E-state index in [1.807, 2.05) is 11.9 Å². The summed E-state index contributed by atoms with van der Waals surface area (Å²) in [5.74, 6) is -0.0128. The zero-order chi connectivity index (χ0) is 12.3. The Hall–Kier alpha value is -1.62. The normalized spacial score (nSPS) is 20.3. The summed E-state index contributed by atoms with van der Waals surface area (Å²) in [6.07, 6.45) is 3.60. The lowest BCUT2D eigenvalue weighted by Crippen LogP contribution is -2.47. The van der Waals surface area contributed by atoms with E-state index in [1.165, 1.54) is 12.3 Å². The van der Waals surface area contributed by atoms with E-state index in [-0.39, 0.29) is 11.5 Å². The molecule has 0 bridgehead atoms.